The van der Waals surface area contributed by atoms with Crippen LogP contribution in [0.4, 0.5) is 0 Å². The average Bonchev–Trinajstić information content (AvgIpc) is 3.62. The molecule has 0 spiro atoms. The van der Waals surface area contributed by atoms with E-state index in [2.05, 4.69) is 30.9 Å². The van der Waals surface area contributed by atoms with E-state index in [0.29, 0.717) is 70.4 Å². The van der Waals surface area contributed by atoms with Crippen LogP contribution in [-0.4, -0.2) is 72.0 Å². The lowest BCUT2D eigenvalue weighted by molar-refractivity contribution is -0.145. The molecular formula is C45H37BrCl2N4O10S2. The Labute approximate surface area is 390 Å². The summed E-state index contributed by atoms with van der Waals surface area (Å²) in [5.41, 5.74) is 4.77. The Bertz CT molecular complexity index is 3000. The van der Waals surface area contributed by atoms with E-state index in [1.807, 2.05) is 31.2 Å². The molecule has 0 saturated heterocycles. The van der Waals surface area contributed by atoms with Crippen LogP contribution in [0.5, 0.6) is 28.9 Å². The molecular weight excluding hydrogens is 971 g/mol. The number of aromatic nitrogens is 4. The number of aryl methyl sites for hydroxylation is 1. The molecule has 14 nitrogen and oxygen atoms in total. The van der Waals surface area contributed by atoms with Crippen molar-refractivity contribution in [1.82, 2.24) is 19.9 Å². The van der Waals surface area contributed by atoms with Crippen LogP contribution >= 0.6 is 50.5 Å². The molecule has 5 heterocycles. The van der Waals surface area contributed by atoms with Crippen molar-refractivity contribution in [3.05, 3.63) is 127 Å². The molecule has 0 unspecified atom stereocenters. The monoisotopic (exact) mass is 1010 g/mol. The maximum atomic E-state index is 13.4. The van der Waals surface area contributed by atoms with Crippen molar-refractivity contribution in [3.8, 4) is 51.4 Å². The predicted octanol–water partition coefficient (Wildman–Crippen LogP) is 10.0. The van der Waals surface area contributed by atoms with Crippen molar-refractivity contribution >= 4 is 76.8 Å². The van der Waals surface area contributed by atoms with E-state index >= 15 is 0 Å². The molecule has 2 aliphatic heterocycles. The second-order valence-electron chi connectivity index (χ2n) is 14.6. The minimum Gasteiger partial charge on any atom is -0.496 e. The van der Waals surface area contributed by atoms with Gasteiger partial charge in [-0.3, -0.25) is 4.18 Å². The summed E-state index contributed by atoms with van der Waals surface area (Å²) in [7, 11) is -2.68. The second kappa shape index (κ2) is 18.9. The molecule has 7 aromatic rings. The Hall–Kier alpha value is -5.56. The van der Waals surface area contributed by atoms with Crippen LogP contribution in [0.3, 0.4) is 0 Å². The number of halogens is 3. The number of ether oxygens (including phenoxy) is 5. The van der Waals surface area contributed by atoms with Crippen LogP contribution in [0.1, 0.15) is 27.9 Å². The number of aliphatic carboxylic acids is 1. The molecule has 0 fully saturated rings. The van der Waals surface area contributed by atoms with E-state index in [1.54, 1.807) is 63.6 Å². The fraction of sp³-hybridized carbons (Fsp3) is 0.222. The highest BCUT2D eigenvalue weighted by molar-refractivity contribution is 9.11. The van der Waals surface area contributed by atoms with Crippen LogP contribution in [0.15, 0.2) is 94.0 Å². The summed E-state index contributed by atoms with van der Waals surface area (Å²) in [6.07, 6.45) is 0.0951. The molecule has 2 atom stereocenters. The summed E-state index contributed by atoms with van der Waals surface area (Å²) >= 11 is 19.2. The van der Waals surface area contributed by atoms with Crippen LogP contribution in [0.25, 0.3) is 32.7 Å². The van der Waals surface area contributed by atoms with Gasteiger partial charge in [0.1, 0.15) is 48.2 Å². The molecule has 1 N–H and O–H groups in total. The zero-order valence-corrected chi connectivity index (χ0v) is 39.2. The van der Waals surface area contributed by atoms with Gasteiger partial charge in [-0.25, -0.2) is 24.7 Å². The van der Waals surface area contributed by atoms with Gasteiger partial charge >= 0.3 is 5.97 Å². The highest BCUT2D eigenvalue weighted by Crippen LogP contribution is 2.52. The number of nitrogens with zero attached hydrogens (tertiary/aromatic N) is 4. The van der Waals surface area contributed by atoms with Crippen molar-refractivity contribution in [3.63, 3.8) is 0 Å². The van der Waals surface area contributed by atoms with Gasteiger partial charge in [-0.1, -0.05) is 53.0 Å². The normalized spacial score (nSPS) is 15.2. The van der Waals surface area contributed by atoms with Gasteiger partial charge in [0.2, 0.25) is 12.0 Å². The van der Waals surface area contributed by atoms with Crippen molar-refractivity contribution in [2.75, 3.05) is 20.3 Å². The van der Waals surface area contributed by atoms with E-state index in [1.165, 1.54) is 29.8 Å². The molecule has 0 amide bonds. The lowest BCUT2D eigenvalue weighted by atomic mass is 9.95. The van der Waals surface area contributed by atoms with Gasteiger partial charge in [-0.05, 0) is 102 Å². The minimum atomic E-state index is -4.24. The van der Waals surface area contributed by atoms with Crippen molar-refractivity contribution in [2.45, 2.75) is 50.9 Å². The number of methoxy groups -OCH3 is 1. The molecule has 0 saturated carbocycles. The number of carboxylic acids is 1. The van der Waals surface area contributed by atoms with E-state index in [-0.39, 0.29) is 52.0 Å². The molecule has 0 aliphatic carbocycles. The first kappa shape index (κ1) is 45.0. The summed E-state index contributed by atoms with van der Waals surface area (Å²) in [4.78, 5) is 31.6. The third kappa shape index (κ3) is 9.32. The number of carbonyl (C=O) groups is 1. The number of rotatable bonds is 10. The highest BCUT2D eigenvalue weighted by atomic mass is 79.9. The van der Waals surface area contributed by atoms with Crippen LogP contribution in [0.2, 0.25) is 10.0 Å². The van der Waals surface area contributed by atoms with Gasteiger partial charge in [0.25, 0.3) is 10.1 Å². The maximum Gasteiger partial charge on any atom is 0.345 e. The number of hydrogen-bond donors (Lipinski definition) is 1. The number of hydrogen-bond acceptors (Lipinski definition) is 14. The first-order chi connectivity index (χ1) is 30.7. The van der Waals surface area contributed by atoms with E-state index in [0.717, 1.165) is 5.56 Å². The van der Waals surface area contributed by atoms with Crippen molar-refractivity contribution in [2.24, 2.45) is 0 Å². The standard InChI is InChI=1S/C45H37BrCl2N4O10S2/c1-23-9-12-30(13-10-23)64(55,56)60-21-29-20-58-28-11-14-32(59-19-27-15-16-49-42(52-27)31-7-5-6-8-33(31)57-4)26(17-28)18-34(45(53)54)62-43-37-36(41(46)63-44(37)51-22-50-43)35-24(2)38(47)40(61-29)39(48)25(35)3/h5-17,22,29,34H,18-21H2,1-4H3,(H,53,54)/t29-,34+/m0/s1. The van der Waals surface area contributed by atoms with Crippen LogP contribution in [0, 0.1) is 20.8 Å². The van der Waals surface area contributed by atoms with Crippen LogP contribution < -0.4 is 23.7 Å². The molecule has 9 rings (SSSR count). The van der Waals surface area contributed by atoms with E-state index < -0.39 is 34.9 Å². The lowest BCUT2D eigenvalue weighted by Crippen LogP contribution is -2.32. The van der Waals surface area contributed by atoms with Gasteiger partial charge < -0.3 is 28.8 Å². The summed E-state index contributed by atoms with van der Waals surface area (Å²) in [6.45, 7) is 4.62. The van der Waals surface area contributed by atoms with E-state index in [4.69, 9.17) is 56.1 Å². The van der Waals surface area contributed by atoms with Gasteiger partial charge in [-0.15, -0.1) is 11.3 Å². The Morgan fingerprint density at radius 1 is 0.938 bits per heavy atom. The van der Waals surface area contributed by atoms with Gasteiger partial charge in [0.05, 0.1) is 42.5 Å². The topological polar surface area (TPSA) is 178 Å². The zero-order chi connectivity index (χ0) is 45.3. The van der Waals surface area contributed by atoms with Crippen molar-refractivity contribution < 1.29 is 46.2 Å². The minimum absolute atomic E-state index is 0.0109. The zero-order valence-electron chi connectivity index (χ0n) is 34.4. The molecule has 4 aromatic carbocycles. The second-order valence-corrected chi connectivity index (χ2v) is 19.3. The number of para-hydroxylation sites is 1. The summed E-state index contributed by atoms with van der Waals surface area (Å²) in [6, 6.07) is 20.2. The SMILES string of the molecule is COc1ccccc1-c1nccc(COc2ccc3cc2C[C@H](C(=O)O)Oc2ncnc4sc(Br)c(c24)-c2c(C)c(Cl)c(c(Cl)c2C)O[C@H](COS(=O)(=O)c2ccc(C)cc2)CO3)n1. The Morgan fingerprint density at radius 3 is 2.42 bits per heavy atom. The third-order valence-corrected chi connectivity index (χ3v) is 14.3. The smallest absolute Gasteiger partial charge is 0.345 e. The quantitative estimate of drug-likeness (QED) is 0.128. The van der Waals surface area contributed by atoms with Crippen molar-refractivity contribution in [1.29, 1.82) is 0 Å². The maximum absolute atomic E-state index is 13.4. The Kier molecular flexibility index (Phi) is 13.3. The first-order valence-corrected chi connectivity index (χ1v) is 23.3. The third-order valence-electron chi connectivity index (χ3n) is 10.3. The van der Waals surface area contributed by atoms with E-state index in [9.17, 15) is 18.3 Å². The molecule has 330 valence electrons. The molecule has 64 heavy (non-hydrogen) atoms. The molecule has 0 radical (unpaired) electrons. The molecule has 4 bridgehead atoms. The lowest BCUT2D eigenvalue weighted by Gasteiger charge is -2.24. The average molecular weight is 1010 g/mol. The van der Waals surface area contributed by atoms with Gasteiger partial charge in [0, 0.05) is 23.7 Å². The van der Waals surface area contributed by atoms with Gasteiger partial charge in [-0.2, -0.15) is 8.42 Å². The largest absolute Gasteiger partial charge is 0.496 e. The molecule has 2 aliphatic rings. The summed E-state index contributed by atoms with van der Waals surface area (Å²) in [5, 5.41) is 11.4. The summed E-state index contributed by atoms with van der Waals surface area (Å²) in [5.74, 6) is 0.413. The van der Waals surface area contributed by atoms with Gasteiger partial charge in [0.15, 0.2) is 17.7 Å². The number of carboxylic acid groups (broad SMARTS) is 1. The summed E-state index contributed by atoms with van der Waals surface area (Å²) < 4.78 is 63.8. The van der Waals surface area contributed by atoms with Crippen LogP contribution in [-0.2, 0) is 32.1 Å². The highest BCUT2D eigenvalue weighted by Gasteiger charge is 2.31. The predicted molar refractivity (Wildman–Crippen MR) is 245 cm³/mol. The number of thiophene rings is 1. The molecule has 19 heteroatoms. The Balaban J connectivity index is 1.21. The fourth-order valence-electron chi connectivity index (χ4n) is 7.07. The number of fused-ring (bicyclic) bond motifs is 7. The number of benzene rings is 4. The Morgan fingerprint density at radius 2 is 1.69 bits per heavy atom. The first-order valence-electron chi connectivity index (χ1n) is 19.5. The fourth-order valence-corrected chi connectivity index (χ4v) is 10.2. The molecule has 3 aromatic heterocycles.